The molecule has 0 aliphatic carbocycles. The molecule has 0 saturated carbocycles. The summed E-state index contributed by atoms with van der Waals surface area (Å²) < 4.78 is 48.9. The second-order valence-corrected chi connectivity index (χ2v) is 4.43. The largest absolute Gasteiger partial charge is 0.472 e. The standard InChI is InChI=1S/C13H20F3N3O2/c1-4-6-17-12-18-10(13(14,15)16)7-11(19-12)21-9(3)8-20-5-2/h7,9H,4-6,8H2,1-3H3,(H,17,18,19). The van der Waals surface area contributed by atoms with E-state index in [0.29, 0.717) is 13.2 Å². The number of hydrogen-bond donors (Lipinski definition) is 1. The fourth-order valence-electron chi connectivity index (χ4n) is 1.47. The first-order chi connectivity index (χ1) is 9.86. The first-order valence-corrected chi connectivity index (χ1v) is 6.81. The number of nitrogens with one attached hydrogen (secondary N) is 1. The van der Waals surface area contributed by atoms with Crippen LogP contribution in [0.15, 0.2) is 6.07 Å². The van der Waals surface area contributed by atoms with E-state index in [-0.39, 0.29) is 18.4 Å². The minimum Gasteiger partial charge on any atom is -0.472 e. The van der Waals surface area contributed by atoms with Crippen LogP contribution in [0, 0.1) is 0 Å². The summed E-state index contributed by atoms with van der Waals surface area (Å²) >= 11 is 0. The van der Waals surface area contributed by atoms with Gasteiger partial charge in [0.05, 0.1) is 6.61 Å². The maximum absolute atomic E-state index is 12.8. The lowest BCUT2D eigenvalue weighted by atomic mass is 10.4. The minimum atomic E-state index is -4.55. The highest BCUT2D eigenvalue weighted by molar-refractivity contribution is 5.32. The highest BCUT2D eigenvalue weighted by Gasteiger charge is 2.34. The Hall–Kier alpha value is -1.57. The van der Waals surface area contributed by atoms with Crippen LogP contribution in [-0.2, 0) is 10.9 Å². The van der Waals surface area contributed by atoms with Crippen molar-refractivity contribution in [3.63, 3.8) is 0 Å². The maximum atomic E-state index is 12.8. The lowest BCUT2D eigenvalue weighted by molar-refractivity contribution is -0.141. The third-order valence-electron chi connectivity index (χ3n) is 2.40. The zero-order valence-electron chi connectivity index (χ0n) is 12.3. The molecule has 0 aliphatic heterocycles. The summed E-state index contributed by atoms with van der Waals surface area (Å²) in [7, 11) is 0. The van der Waals surface area contributed by atoms with Crippen molar-refractivity contribution in [3.05, 3.63) is 11.8 Å². The predicted octanol–water partition coefficient (Wildman–Crippen LogP) is 3.12. The van der Waals surface area contributed by atoms with Crippen molar-refractivity contribution in [2.24, 2.45) is 0 Å². The van der Waals surface area contributed by atoms with Crippen LogP contribution in [0.5, 0.6) is 5.88 Å². The van der Waals surface area contributed by atoms with Crippen LogP contribution in [0.4, 0.5) is 19.1 Å². The van der Waals surface area contributed by atoms with Crippen LogP contribution in [0.3, 0.4) is 0 Å². The molecule has 1 heterocycles. The lowest BCUT2D eigenvalue weighted by Crippen LogP contribution is -2.21. The predicted molar refractivity (Wildman–Crippen MR) is 72.4 cm³/mol. The van der Waals surface area contributed by atoms with Crippen molar-refractivity contribution < 1.29 is 22.6 Å². The molecule has 0 fully saturated rings. The van der Waals surface area contributed by atoms with E-state index in [0.717, 1.165) is 12.5 Å². The van der Waals surface area contributed by atoms with Gasteiger partial charge in [0, 0.05) is 19.2 Å². The highest BCUT2D eigenvalue weighted by atomic mass is 19.4. The molecular weight excluding hydrogens is 287 g/mol. The summed E-state index contributed by atoms with van der Waals surface area (Å²) in [5.41, 5.74) is -1.03. The molecule has 0 aromatic carbocycles. The van der Waals surface area contributed by atoms with Gasteiger partial charge in [-0.25, -0.2) is 4.98 Å². The minimum absolute atomic E-state index is 0.0923. The monoisotopic (exact) mass is 307 g/mol. The van der Waals surface area contributed by atoms with Crippen LogP contribution in [0.25, 0.3) is 0 Å². The zero-order valence-corrected chi connectivity index (χ0v) is 12.3. The molecule has 1 atom stereocenters. The van der Waals surface area contributed by atoms with Gasteiger partial charge in [-0.15, -0.1) is 0 Å². The quantitative estimate of drug-likeness (QED) is 0.799. The Morgan fingerprint density at radius 1 is 1.29 bits per heavy atom. The van der Waals surface area contributed by atoms with Crippen molar-refractivity contribution in [2.75, 3.05) is 25.1 Å². The van der Waals surface area contributed by atoms with Gasteiger partial charge in [-0.05, 0) is 20.3 Å². The molecule has 21 heavy (non-hydrogen) atoms. The smallest absolute Gasteiger partial charge is 0.433 e. The van der Waals surface area contributed by atoms with Gasteiger partial charge in [-0.3, -0.25) is 0 Å². The molecule has 5 nitrogen and oxygen atoms in total. The second-order valence-electron chi connectivity index (χ2n) is 4.43. The molecule has 1 unspecified atom stereocenters. The van der Waals surface area contributed by atoms with Crippen LogP contribution < -0.4 is 10.1 Å². The van der Waals surface area contributed by atoms with Crippen LogP contribution >= 0.6 is 0 Å². The van der Waals surface area contributed by atoms with Crippen molar-refractivity contribution in [2.45, 2.75) is 39.5 Å². The maximum Gasteiger partial charge on any atom is 0.433 e. The average Bonchev–Trinajstić information content (AvgIpc) is 2.41. The van der Waals surface area contributed by atoms with Gasteiger partial charge < -0.3 is 14.8 Å². The van der Waals surface area contributed by atoms with E-state index < -0.39 is 18.0 Å². The van der Waals surface area contributed by atoms with Crippen molar-refractivity contribution in [1.29, 1.82) is 0 Å². The Balaban J connectivity index is 2.90. The summed E-state index contributed by atoms with van der Waals surface area (Å²) in [5, 5.41) is 2.73. The Kier molecular flexibility index (Phi) is 6.67. The average molecular weight is 307 g/mol. The number of rotatable bonds is 8. The van der Waals surface area contributed by atoms with Gasteiger partial charge in [-0.1, -0.05) is 6.92 Å². The Labute approximate surface area is 121 Å². The van der Waals surface area contributed by atoms with Gasteiger partial charge in [0.15, 0.2) is 5.69 Å². The fraction of sp³-hybridized carbons (Fsp3) is 0.692. The number of anilines is 1. The molecule has 0 spiro atoms. The van der Waals surface area contributed by atoms with Crippen molar-refractivity contribution >= 4 is 5.95 Å². The SMILES string of the molecule is CCCNc1nc(OC(C)COCC)cc(C(F)(F)F)n1. The molecule has 0 radical (unpaired) electrons. The van der Waals surface area contributed by atoms with Crippen LogP contribution in [-0.4, -0.2) is 35.8 Å². The first kappa shape index (κ1) is 17.5. The number of aromatic nitrogens is 2. The Morgan fingerprint density at radius 2 is 2.00 bits per heavy atom. The molecule has 1 aromatic rings. The van der Waals surface area contributed by atoms with Gasteiger partial charge >= 0.3 is 6.18 Å². The number of hydrogen-bond acceptors (Lipinski definition) is 5. The first-order valence-electron chi connectivity index (χ1n) is 6.81. The molecule has 0 bridgehead atoms. The van der Waals surface area contributed by atoms with E-state index in [4.69, 9.17) is 9.47 Å². The number of alkyl halides is 3. The Morgan fingerprint density at radius 3 is 2.57 bits per heavy atom. The molecule has 0 aliphatic rings. The fourth-order valence-corrected chi connectivity index (χ4v) is 1.47. The molecule has 8 heteroatoms. The van der Waals surface area contributed by atoms with E-state index in [1.54, 1.807) is 6.92 Å². The van der Waals surface area contributed by atoms with Crippen molar-refractivity contribution in [1.82, 2.24) is 9.97 Å². The van der Waals surface area contributed by atoms with E-state index in [1.807, 2.05) is 13.8 Å². The summed E-state index contributed by atoms with van der Waals surface area (Å²) in [6.07, 6.45) is -4.21. The van der Waals surface area contributed by atoms with E-state index in [9.17, 15) is 13.2 Å². The normalized spacial score (nSPS) is 13.0. The topological polar surface area (TPSA) is 56.3 Å². The summed E-state index contributed by atoms with van der Waals surface area (Å²) in [6.45, 7) is 6.68. The third kappa shape index (κ3) is 6.16. The molecule has 0 amide bonds. The van der Waals surface area contributed by atoms with Gasteiger partial charge in [0.1, 0.15) is 6.10 Å². The van der Waals surface area contributed by atoms with Gasteiger partial charge in [-0.2, -0.15) is 18.2 Å². The Bertz CT molecular complexity index is 441. The van der Waals surface area contributed by atoms with E-state index >= 15 is 0 Å². The number of nitrogens with zero attached hydrogens (tertiary/aromatic N) is 2. The summed E-state index contributed by atoms with van der Waals surface area (Å²) in [4.78, 5) is 7.39. The zero-order chi connectivity index (χ0) is 15.9. The van der Waals surface area contributed by atoms with Crippen LogP contribution in [0.2, 0.25) is 0 Å². The van der Waals surface area contributed by atoms with E-state index in [2.05, 4.69) is 15.3 Å². The molecule has 1 rings (SSSR count). The molecule has 0 saturated heterocycles. The summed E-state index contributed by atoms with van der Waals surface area (Å²) in [6, 6.07) is 0.791. The molecular formula is C13H20F3N3O2. The number of halogens is 3. The lowest BCUT2D eigenvalue weighted by Gasteiger charge is -2.16. The summed E-state index contributed by atoms with van der Waals surface area (Å²) in [5.74, 6) is -0.214. The number of ether oxygens (including phenoxy) is 2. The highest BCUT2D eigenvalue weighted by Crippen LogP contribution is 2.30. The second kappa shape index (κ2) is 8.02. The molecule has 120 valence electrons. The third-order valence-corrected chi connectivity index (χ3v) is 2.40. The molecule has 1 N–H and O–H groups in total. The molecule has 1 aromatic heterocycles. The van der Waals surface area contributed by atoms with Gasteiger partial charge in [0.2, 0.25) is 11.8 Å². The van der Waals surface area contributed by atoms with Crippen LogP contribution in [0.1, 0.15) is 32.9 Å². The van der Waals surface area contributed by atoms with Crippen molar-refractivity contribution in [3.8, 4) is 5.88 Å². The van der Waals surface area contributed by atoms with E-state index in [1.165, 1.54) is 0 Å². The van der Waals surface area contributed by atoms with Gasteiger partial charge in [0.25, 0.3) is 0 Å².